The smallest absolute Gasteiger partial charge is 0.256 e. The largest absolute Gasteiger partial charge is 0.393 e. The van der Waals surface area contributed by atoms with Crippen LogP contribution in [0.4, 0.5) is 4.39 Å². The Morgan fingerprint density at radius 3 is 2.76 bits per heavy atom. The predicted molar refractivity (Wildman–Crippen MR) is 79.8 cm³/mol. The predicted octanol–water partition coefficient (Wildman–Crippen LogP) is 1.93. The number of fused-ring (bicyclic) bond motifs is 1. The number of rotatable bonds is 2. The Labute approximate surface area is 122 Å². The van der Waals surface area contributed by atoms with Crippen molar-refractivity contribution in [3.8, 4) is 0 Å². The normalized spacial score (nSPS) is 17.5. The molecule has 21 heavy (non-hydrogen) atoms. The highest BCUT2D eigenvalue weighted by Gasteiger charge is 2.19. The van der Waals surface area contributed by atoms with Crippen LogP contribution < -0.4 is 5.56 Å². The van der Waals surface area contributed by atoms with Crippen molar-refractivity contribution in [1.82, 2.24) is 9.88 Å². The van der Waals surface area contributed by atoms with Crippen molar-refractivity contribution in [2.75, 3.05) is 13.1 Å². The summed E-state index contributed by atoms with van der Waals surface area (Å²) >= 11 is 0. The number of benzene rings is 1. The summed E-state index contributed by atoms with van der Waals surface area (Å²) in [6.45, 7) is 4.25. The molecular formula is C16H19FN2O2. The van der Waals surface area contributed by atoms with Gasteiger partial charge in [0, 0.05) is 25.3 Å². The van der Waals surface area contributed by atoms with E-state index >= 15 is 0 Å². The molecule has 1 saturated heterocycles. The molecular weight excluding hydrogens is 271 g/mol. The van der Waals surface area contributed by atoms with Crippen molar-refractivity contribution in [2.24, 2.45) is 0 Å². The van der Waals surface area contributed by atoms with Gasteiger partial charge >= 0.3 is 0 Å². The Hall–Kier alpha value is -1.72. The number of aromatic amines is 1. The number of likely N-dealkylation sites (tertiary alicyclic amines) is 1. The van der Waals surface area contributed by atoms with E-state index in [1.54, 1.807) is 6.07 Å². The van der Waals surface area contributed by atoms with Crippen LogP contribution in [0.15, 0.2) is 23.0 Å². The number of piperidine rings is 1. The zero-order valence-corrected chi connectivity index (χ0v) is 12.0. The molecule has 1 aromatic carbocycles. The minimum Gasteiger partial charge on any atom is -0.393 e. The molecule has 2 N–H and O–H groups in total. The summed E-state index contributed by atoms with van der Waals surface area (Å²) < 4.78 is 13.4. The van der Waals surface area contributed by atoms with Gasteiger partial charge < -0.3 is 10.1 Å². The van der Waals surface area contributed by atoms with Crippen LogP contribution >= 0.6 is 0 Å². The molecule has 1 aliphatic heterocycles. The molecule has 2 heterocycles. The summed E-state index contributed by atoms with van der Waals surface area (Å²) in [6.07, 6.45) is 1.34. The van der Waals surface area contributed by atoms with Gasteiger partial charge in [-0.25, -0.2) is 4.39 Å². The first-order valence-corrected chi connectivity index (χ1v) is 7.26. The number of aromatic nitrogens is 1. The molecule has 1 fully saturated rings. The third kappa shape index (κ3) is 2.84. The van der Waals surface area contributed by atoms with Crippen LogP contribution in [0.5, 0.6) is 0 Å². The Morgan fingerprint density at radius 2 is 2.05 bits per heavy atom. The summed E-state index contributed by atoms with van der Waals surface area (Å²) in [7, 11) is 0. The average Bonchev–Trinajstić information content (AvgIpc) is 2.46. The highest BCUT2D eigenvalue weighted by Crippen LogP contribution is 2.22. The van der Waals surface area contributed by atoms with Crippen molar-refractivity contribution < 1.29 is 9.50 Å². The van der Waals surface area contributed by atoms with Crippen LogP contribution in [0.2, 0.25) is 0 Å². The quantitative estimate of drug-likeness (QED) is 0.888. The van der Waals surface area contributed by atoms with E-state index in [4.69, 9.17) is 0 Å². The van der Waals surface area contributed by atoms with E-state index in [0.717, 1.165) is 42.6 Å². The minimum absolute atomic E-state index is 0.205. The molecule has 0 bridgehead atoms. The van der Waals surface area contributed by atoms with Gasteiger partial charge in [0.2, 0.25) is 0 Å². The summed E-state index contributed by atoms with van der Waals surface area (Å²) in [6, 6.07) is 4.36. The summed E-state index contributed by atoms with van der Waals surface area (Å²) in [5.41, 5.74) is 1.60. The van der Waals surface area contributed by atoms with Gasteiger partial charge in [-0.05, 0) is 42.8 Å². The number of aliphatic hydroxyl groups is 1. The molecule has 0 atom stereocenters. The SMILES string of the molecule is Cc1[nH]c(=O)c2cc(F)ccc2c1CN1CCC(O)CC1. The van der Waals surface area contributed by atoms with Crippen LogP contribution in [0.1, 0.15) is 24.1 Å². The maximum absolute atomic E-state index is 13.4. The molecule has 5 heteroatoms. The first-order valence-electron chi connectivity index (χ1n) is 7.26. The Morgan fingerprint density at radius 1 is 1.33 bits per heavy atom. The van der Waals surface area contributed by atoms with Gasteiger partial charge in [0.05, 0.1) is 11.5 Å². The van der Waals surface area contributed by atoms with Gasteiger partial charge in [0.15, 0.2) is 0 Å². The molecule has 3 rings (SSSR count). The zero-order valence-electron chi connectivity index (χ0n) is 12.0. The second kappa shape index (κ2) is 5.58. The number of pyridine rings is 1. The third-order valence-corrected chi connectivity index (χ3v) is 4.24. The van der Waals surface area contributed by atoms with E-state index in [1.807, 2.05) is 6.92 Å². The number of hydrogen-bond acceptors (Lipinski definition) is 3. The van der Waals surface area contributed by atoms with Gasteiger partial charge in [-0.1, -0.05) is 6.07 Å². The number of nitrogens with one attached hydrogen (secondary N) is 1. The van der Waals surface area contributed by atoms with Crippen LogP contribution in [-0.4, -0.2) is 34.2 Å². The Kier molecular flexibility index (Phi) is 3.78. The average molecular weight is 290 g/mol. The lowest BCUT2D eigenvalue weighted by Gasteiger charge is -2.30. The van der Waals surface area contributed by atoms with Crippen LogP contribution in [-0.2, 0) is 6.54 Å². The minimum atomic E-state index is -0.399. The summed E-state index contributed by atoms with van der Waals surface area (Å²) in [5, 5.41) is 10.8. The van der Waals surface area contributed by atoms with Gasteiger partial charge in [-0.2, -0.15) is 0 Å². The zero-order chi connectivity index (χ0) is 15.0. The number of hydrogen-bond donors (Lipinski definition) is 2. The highest BCUT2D eigenvalue weighted by molar-refractivity contribution is 5.85. The van der Waals surface area contributed by atoms with Gasteiger partial charge in [-0.15, -0.1) is 0 Å². The van der Waals surface area contributed by atoms with Crippen molar-refractivity contribution in [2.45, 2.75) is 32.4 Å². The lowest BCUT2D eigenvalue weighted by molar-refractivity contribution is 0.0793. The first kappa shape index (κ1) is 14.2. The van der Waals surface area contributed by atoms with Crippen molar-refractivity contribution >= 4 is 10.8 Å². The van der Waals surface area contributed by atoms with Gasteiger partial charge in [-0.3, -0.25) is 9.69 Å². The number of aliphatic hydroxyl groups excluding tert-OH is 1. The molecule has 0 spiro atoms. The Balaban J connectivity index is 2.00. The summed E-state index contributed by atoms with van der Waals surface area (Å²) in [5.74, 6) is -0.399. The van der Waals surface area contributed by atoms with E-state index in [1.165, 1.54) is 12.1 Å². The molecule has 0 aliphatic carbocycles. The summed E-state index contributed by atoms with van der Waals surface area (Å²) in [4.78, 5) is 17.0. The first-order chi connectivity index (χ1) is 10.0. The molecule has 112 valence electrons. The lowest BCUT2D eigenvalue weighted by Crippen LogP contribution is -2.35. The Bertz CT molecular complexity index is 718. The van der Waals surface area contributed by atoms with Crippen molar-refractivity contribution in [1.29, 1.82) is 0 Å². The highest BCUT2D eigenvalue weighted by atomic mass is 19.1. The monoisotopic (exact) mass is 290 g/mol. The topological polar surface area (TPSA) is 56.3 Å². The molecule has 1 aliphatic rings. The van der Waals surface area contributed by atoms with E-state index < -0.39 is 5.82 Å². The fourth-order valence-corrected chi connectivity index (χ4v) is 2.99. The van der Waals surface area contributed by atoms with Gasteiger partial charge in [0.1, 0.15) is 5.82 Å². The third-order valence-electron chi connectivity index (χ3n) is 4.24. The lowest BCUT2D eigenvalue weighted by atomic mass is 10.0. The molecule has 2 aromatic rings. The maximum Gasteiger partial charge on any atom is 0.256 e. The van der Waals surface area contributed by atoms with E-state index in [9.17, 15) is 14.3 Å². The number of aryl methyl sites for hydroxylation is 1. The fraction of sp³-hybridized carbons (Fsp3) is 0.438. The second-order valence-corrected chi connectivity index (χ2v) is 5.75. The van der Waals surface area contributed by atoms with Crippen molar-refractivity contribution in [3.05, 3.63) is 45.6 Å². The molecule has 0 amide bonds. The molecule has 0 unspecified atom stereocenters. The van der Waals surface area contributed by atoms with E-state index in [-0.39, 0.29) is 11.7 Å². The van der Waals surface area contributed by atoms with Crippen molar-refractivity contribution in [3.63, 3.8) is 0 Å². The number of H-pyrrole nitrogens is 1. The van der Waals surface area contributed by atoms with Crippen LogP contribution in [0.3, 0.4) is 0 Å². The van der Waals surface area contributed by atoms with Crippen LogP contribution in [0, 0.1) is 12.7 Å². The van der Waals surface area contributed by atoms with E-state index in [2.05, 4.69) is 9.88 Å². The standard InChI is InChI=1S/C16H19FN2O2/c1-10-15(9-19-6-4-12(20)5-7-19)13-3-2-11(17)8-14(13)16(21)18-10/h2-3,8,12,20H,4-7,9H2,1H3,(H,18,21). The molecule has 1 aromatic heterocycles. The molecule has 0 saturated carbocycles. The molecule has 4 nitrogen and oxygen atoms in total. The second-order valence-electron chi connectivity index (χ2n) is 5.75. The fourth-order valence-electron chi connectivity index (χ4n) is 2.99. The number of halogens is 1. The number of nitrogens with zero attached hydrogens (tertiary/aromatic N) is 1. The maximum atomic E-state index is 13.4. The van der Waals surface area contributed by atoms with Crippen LogP contribution in [0.25, 0.3) is 10.8 Å². The van der Waals surface area contributed by atoms with E-state index in [0.29, 0.717) is 11.9 Å². The molecule has 0 radical (unpaired) electrons. The van der Waals surface area contributed by atoms with Gasteiger partial charge in [0.25, 0.3) is 5.56 Å².